The first-order valence-electron chi connectivity index (χ1n) is 14.1. The maximum atomic E-state index is 13.1. The van der Waals surface area contributed by atoms with Crippen LogP contribution in [0.25, 0.3) is 0 Å². The molecule has 6 nitrogen and oxygen atoms in total. The molecule has 0 amide bonds. The van der Waals surface area contributed by atoms with Crippen LogP contribution in [0.2, 0.25) is 0 Å². The Bertz CT molecular complexity index is 1630. The Morgan fingerprint density at radius 3 is 2.02 bits per heavy atom. The van der Waals surface area contributed by atoms with Crippen molar-refractivity contribution in [2.24, 2.45) is 17.3 Å². The van der Waals surface area contributed by atoms with E-state index in [-0.39, 0.29) is 21.3 Å². The lowest BCUT2D eigenvalue weighted by molar-refractivity contribution is -0.00803. The first-order chi connectivity index (χ1) is 19.0. The Kier molecular flexibility index (Phi) is 6.87. The van der Waals surface area contributed by atoms with Crippen LogP contribution in [0.1, 0.15) is 67.2 Å². The average molecular weight is 581 g/mol. The van der Waals surface area contributed by atoms with Crippen molar-refractivity contribution in [1.29, 1.82) is 0 Å². The minimum Gasteiger partial charge on any atom is -0.379 e. The summed E-state index contributed by atoms with van der Waals surface area (Å²) < 4.78 is 63.4. The maximum absolute atomic E-state index is 13.1. The quantitative estimate of drug-likeness (QED) is 0.302. The van der Waals surface area contributed by atoms with Crippen LogP contribution in [0, 0.1) is 31.1 Å². The third kappa shape index (κ3) is 4.88. The van der Waals surface area contributed by atoms with E-state index in [1.165, 1.54) is 5.56 Å². The second-order valence-corrected chi connectivity index (χ2v) is 15.2. The fourth-order valence-electron chi connectivity index (χ4n) is 7.51. The van der Waals surface area contributed by atoms with Crippen molar-refractivity contribution in [2.45, 2.75) is 81.1 Å². The molecular weight excluding hydrogens is 544 g/mol. The summed E-state index contributed by atoms with van der Waals surface area (Å²) in [6, 6.07) is 19.2. The van der Waals surface area contributed by atoms with Crippen molar-refractivity contribution in [3.63, 3.8) is 0 Å². The van der Waals surface area contributed by atoms with Gasteiger partial charge in [-0.2, -0.15) is 16.8 Å². The van der Waals surface area contributed by atoms with Crippen LogP contribution in [0.3, 0.4) is 0 Å². The molecule has 40 heavy (non-hydrogen) atoms. The van der Waals surface area contributed by atoms with Crippen LogP contribution >= 0.6 is 0 Å². The molecular formula is C32H36O6S2. The monoisotopic (exact) mass is 580 g/mol. The molecule has 6 rings (SSSR count). The molecule has 0 spiro atoms. The van der Waals surface area contributed by atoms with E-state index in [1.54, 1.807) is 54.6 Å². The highest BCUT2D eigenvalue weighted by atomic mass is 32.2. The zero-order valence-corrected chi connectivity index (χ0v) is 24.8. The summed E-state index contributed by atoms with van der Waals surface area (Å²) in [5.74, 6) is 1.55. The molecule has 8 heteroatoms. The van der Waals surface area contributed by atoms with Gasteiger partial charge in [0.2, 0.25) is 0 Å². The fraction of sp³-hybridized carbons (Fsp3) is 0.438. The van der Waals surface area contributed by atoms with Gasteiger partial charge in [-0.1, -0.05) is 48.4 Å². The molecule has 3 aliphatic carbocycles. The van der Waals surface area contributed by atoms with E-state index in [4.69, 9.17) is 8.37 Å². The SMILES string of the molecule is Cc1ccc(S(=O)(=O)Oc2ccc3c(c2)CC[C@@H]2[C@@H]3CC[C@]3(C)C(OS(=O)(=O)c4ccc(C)cc4)CC[C@@H]23)cc1. The molecule has 3 aliphatic rings. The molecule has 0 saturated heterocycles. The van der Waals surface area contributed by atoms with Crippen molar-refractivity contribution < 1.29 is 25.2 Å². The summed E-state index contributed by atoms with van der Waals surface area (Å²) in [5, 5.41) is 0. The van der Waals surface area contributed by atoms with Crippen LogP contribution in [0.15, 0.2) is 76.5 Å². The van der Waals surface area contributed by atoms with Crippen molar-refractivity contribution in [3.8, 4) is 5.75 Å². The van der Waals surface area contributed by atoms with Gasteiger partial charge in [0.25, 0.3) is 10.1 Å². The summed E-state index contributed by atoms with van der Waals surface area (Å²) in [6.07, 6.45) is 5.06. The highest BCUT2D eigenvalue weighted by Crippen LogP contribution is 2.62. The predicted molar refractivity (Wildman–Crippen MR) is 153 cm³/mol. The van der Waals surface area contributed by atoms with Gasteiger partial charge in [-0.15, -0.1) is 0 Å². The summed E-state index contributed by atoms with van der Waals surface area (Å²) in [4.78, 5) is 0.359. The molecule has 0 N–H and O–H groups in total. The van der Waals surface area contributed by atoms with Crippen LogP contribution in [-0.4, -0.2) is 22.9 Å². The third-order valence-electron chi connectivity index (χ3n) is 9.68. The molecule has 3 aromatic rings. The number of hydrogen-bond acceptors (Lipinski definition) is 6. The van der Waals surface area contributed by atoms with Crippen molar-refractivity contribution in [2.75, 3.05) is 0 Å². The van der Waals surface area contributed by atoms with Crippen molar-refractivity contribution >= 4 is 20.2 Å². The number of hydrogen-bond donors (Lipinski definition) is 0. The van der Waals surface area contributed by atoms with Gasteiger partial charge in [0.15, 0.2) is 0 Å². The molecule has 5 atom stereocenters. The minimum atomic E-state index is -3.91. The number of fused-ring (bicyclic) bond motifs is 5. The Balaban J connectivity index is 1.19. The van der Waals surface area contributed by atoms with Crippen LogP contribution in [0.5, 0.6) is 5.75 Å². The fourth-order valence-corrected chi connectivity index (χ4v) is 9.64. The van der Waals surface area contributed by atoms with Gasteiger partial charge in [0.1, 0.15) is 10.6 Å². The second kappa shape index (κ2) is 10.00. The smallest absolute Gasteiger partial charge is 0.339 e. The Morgan fingerprint density at radius 1 is 0.750 bits per heavy atom. The standard InChI is InChI=1S/C32H36O6S2/c1-21-4-10-25(11-5-21)39(33,34)37-24-9-15-27-23(20-24)8-14-29-28(27)18-19-32(3)30(29)16-17-31(32)38-40(35,36)26-12-6-22(2)7-13-26/h4-7,9-13,15,20,28-31H,8,14,16-19H2,1-3H3/t28-,29-,30+,31?,32+/m1/s1. The lowest BCUT2D eigenvalue weighted by Gasteiger charge is -2.50. The largest absolute Gasteiger partial charge is 0.379 e. The van der Waals surface area contributed by atoms with Gasteiger partial charge in [-0.3, -0.25) is 4.18 Å². The predicted octanol–water partition coefficient (Wildman–Crippen LogP) is 6.70. The maximum Gasteiger partial charge on any atom is 0.339 e. The van der Waals surface area contributed by atoms with Gasteiger partial charge in [0.05, 0.1) is 11.0 Å². The highest BCUT2D eigenvalue weighted by molar-refractivity contribution is 7.87. The highest BCUT2D eigenvalue weighted by Gasteiger charge is 2.56. The zero-order chi connectivity index (χ0) is 28.3. The van der Waals surface area contributed by atoms with Gasteiger partial charge in [0, 0.05) is 0 Å². The van der Waals surface area contributed by atoms with Gasteiger partial charge >= 0.3 is 10.1 Å². The molecule has 0 aromatic heterocycles. The summed E-state index contributed by atoms with van der Waals surface area (Å²) in [7, 11) is -7.74. The summed E-state index contributed by atoms with van der Waals surface area (Å²) in [5.41, 5.74) is 4.22. The van der Waals surface area contributed by atoms with Gasteiger partial charge in [-0.05, 0) is 123 Å². The van der Waals surface area contributed by atoms with E-state index in [0.717, 1.165) is 55.2 Å². The number of rotatable bonds is 6. The summed E-state index contributed by atoms with van der Waals surface area (Å²) >= 11 is 0. The lowest BCUT2D eigenvalue weighted by atomic mass is 9.55. The lowest BCUT2D eigenvalue weighted by Crippen LogP contribution is -2.45. The first-order valence-corrected chi connectivity index (χ1v) is 16.9. The normalized spacial score (nSPS) is 27.9. The molecule has 0 radical (unpaired) electrons. The average Bonchev–Trinajstić information content (AvgIpc) is 3.24. The van der Waals surface area contributed by atoms with Crippen molar-refractivity contribution in [1.82, 2.24) is 0 Å². The molecule has 0 heterocycles. The van der Waals surface area contributed by atoms with Crippen LogP contribution < -0.4 is 4.18 Å². The molecule has 3 aromatic carbocycles. The molecule has 212 valence electrons. The topological polar surface area (TPSA) is 86.7 Å². The molecule has 2 saturated carbocycles. The molecule has 0 aliphatic heterocycles. The first kappa shape index (κ1) is 27.5. The van der Waals surface area contributed by atoms with E-state index in [9.17, 15) is 16.8 Å². The van der Waals surface area contributed by atoms with Crippen LogP contribution in [-0.2, 0) is 30.8 Å². The second-order valence-electron chi connectivity index (χ2n) is 12.1. The molecule has 1 unspecified atom stereocenters. The third-order valence-corrected chi connectivity index (χ3v) is 12.3. The van der Waals surface area contributed by atoms with Crippen molar-refractivity contribution in [3.05, 3.63) is 89.0 Å². The molecule has 0 bridgehead atoms. The van der Waals surface area contributed by atoms with E-state index in [2.05, 4.69) is 6.92 Å². The van der Waals surface area contributed by atoms with E-state index in [0.29, 0.717) is 23.5 Å². The Hall–Kier alpha value is -2.68. The van der Waals surface area contributed by atoms with E-state index in [1.807, 2.05) is 26.0 Å². The minimum absolute atomic E-state index is 0.143. The van der Waals surface area contributed by atoms with E-state index >= 15 is 0 Å². The zero-order valence-electron chi connectivity index (χ0n) is 23.2. The van der Waals surface area contributed by atoms with Gasteiger partial charge in [-0.25, -0.2) is 0 Å². The Labute approximate surface area is 238 Å². The Morgan fingerprint density at radius 2 is 1.38 bits per heavy atom. The number of aryl methyl sites for hydroxylation is 3. The number of benzene rings is 3. The van der Waals surface area contributed by atoms with E-state index < -0.39 is 20.2 Å². The molecule has 2 fully saturated rings. The van der Waals surface area contributed by atoms with Gasteiger partial charge < -0.3 is 4.18 Å². The summed E-state index contributed by atoms with van der Waals surface area (Å²) in [6.45, 7) is 6.06. The van der Waals surface area contributed by atoms with Crippen LogP contribution in [0.4, 0.5) is 0 Å².